The molecule has 2 aromatic heterocycles. The summed E-state index contributed by atoms with van der Waals surface area (Å²) in [5.74, 6) is 2.69. The molecule has 0 spiro atoms. The molecule has 0 atom stereocenters. The minimum Gasteiger partial charge on any atom is -0.424 e. The molecular weight excluding hydrogens is 416 g/mol. The molecule has 3 aromatic rings. The molecule has 0 N–H and O–H groups in total. The van der Waals surface area contributed by atoms with Crippen LogP contribution in [0.5, 0.6) is 0 Å². The number of nitrogens with zero attached hydrogens (tertiary/aromatic N) is 6. The second-order valence-corrected chi connectivity index (χ2v) is 8.40. The van der Waals surface area contributed by atoms with Gasteiger partial charge in [0.05, 0.1) is 12.2 Å². The van der Waals surface area contributed by atoms with Crippen molar-refractivity contribution in [2.24, 2.45) is 0 Å². The van der Waals surface area contributed by atoms with Crippen LogP contribution in [0.15, 0.2) is 40.8 Å². The van der Waals surface area contributed by atoms with Crippen molar-refractivity contribution in [1.82, 2.24) is 25.3 Å². The van der Waals surface area contributed by atoms with Crippen LogP contribution in [-0.2, 0) is 11.3 Å². The van der Waals surface area contributed by atoms with Gasteiger partial charge in [0.15, 0.2) is 5.82 Å². The Hall–Kier alpha value is -2.55. The second kappa shape index (κ2) is 9.30. The average Bonchev–Trinajstić information content (AvgIpc) is 3.29. The van der Waals surface area contributed by atoms with Crippen molar-refractivity contribution in [2.45, 2.75) is 25.3 Å². The van der Waals surface area contributed by atoms with Crippen molar-refractivity contribution < 1.29 is 9.15 Å². The van der Waals surface area contributed by atoms with Gasteiger partial charge in [-0.25, -0.2) is 0 Å². The zero-order chi connectivity index (χ0) is 21.0. The first-order valence-electron chi connectivity index (χ1n) is 10.7. The lowest BCUT2D eigenvalue weighted by Crippen LogP contribution is -2.46. The molecule has 8 nitrogen and oxygen atoms in total. The fourth-order valence-electron chi connectivity index (χ4n) is 4.03. The Labute approximate surface area is 186 Å². The summed E-state index contributed by atoms with van der Waals surface area (Å²) in [5.41, 5.74) is 1.85. The zero-order valence-electron chi connectivity index (χ0n) is 17.3. The summed E-state index contributed by atoms with van der Waals surface area (Å²) >= 11 is 5.96. The van der Waals surface area contributed by atoms with Crippen LogP contribution in [0.2, 0.25) is 5.02 Å². The molecule has 4 heterocycles. The third-order valence-electron chi connectivity index (χ3n) is 5.90. The number of hydrogen-bond donors (Lipinski definition) is 0. The number of rotatable bonds is 5. The van der Waals surface area contributed by atoms with Gasteiger partial charge in [0.2, 0.25) is 11.8 Å². The van der Waals surface area contributed by atoms with Crippen LogP contribution in [0.25, 0.3) is 11.3 Å². The lowest BCUT2D eigenvalue weighted by molar-refractivity contribution is 0.0788. The van der Waals surface area contributed by atoms with Crippen molar-refractivity contribution in [3.8, 4) is 11.3 Å². The molecule has 0 saturated carbocycles. The van der Waals surface area contributed by atoms with E-state index in [1.54, 1.807) is 0 Å². The zero-order valence-corrected chi connectivity index (χ0v) is 18.0. The van der Waals surface area contributed by atoms with Crippen molar-refractivity contribution in [3.05, 3.63) is 53.2 Å². The Morgan fingerprint density at radius 2 is 1.65 bits per heavy atom. The van der Waals surface area contributed by atoms with E-state index in [1.807, 2.05) is 36.4 Å². The minimum absolute atomic E-state index is 0.335. The van der Waals surface area contributed by atoms with Gasteiger partial charge in [-0.1, -0.05) is 23.7 Å². The molecule has 2 saturated heterocycles. The topological polar surface area (TPSA) is 80.4 Å². The van der Waals surface area contributed by atoms with E-state index in [1.165, 1.54) is 0 Å². The van der Waals surface area contributed by atoms with Crippen molar-refractivity contribution in [3.63, 3.8) is 0 Å². The molecular formula is C22H25ClN6O2. The Kier molecular flexibility index (Phi) is 6.11. The summed E-state index contributed by atoms with van der Waals surface area (Å²) in [6.45, 7) is 5.82. The van der Waals surface area contributed by atoms with E-state index < -0.39 is 0 Å². The number of aromatic nitrogens is 4. The molecule has 0 bridgehead atoms. The summed E-state index contributed by atoms with van der Waals surface area (Å²) in [5, 5.41) is 18.1. The van der Waals surface area contributed by atoms with Gasteiger partial charge in [-0.3, -0.25) is 4.90 Å². The highest BCUT2D eigenvalue weighted by molar-refractivity contribution is 6.30. The smallest absolute Gasteiger partial charge is 0.230 e. The van der Waals surface area contributed by atoms with E-state index >= 15 is 0 Å². The monoisotopic (exact) mass is 440 g/mol. The summed E-state index contributed by atoms with van der Waals surface area (Å²) < 4.78 is 11.3. The Morgan fingerprint density at radius 1 is 0.871 bits per heavy atom. The molecule has 2 aliphatic heterocycles. The number of benzene rings is 1. The van der Waals surface area contributed by atoms with Gasteiger partial charge >= 0.3 is 0 Å². The van der Waals surface area contributed by atoms with Gasteiger partial charge in [0, 0.05) is 55.9 Å². The molecule has 2 aliphatic rings. The van der Waals surface area contributed by atoms with E-state index in [-0.39, 0.29) is 0 Å². The maximum Gasteiger partial charge on any atom is 0.230 e. The van der Waals surface area contributed by atoms with Gasteiger partial charge in [0.25, 0.3) is 0 Å². The normalized spacial score (nSPS) is 18.4. The van der Waals surface area contributed by atoms with Crippen LogP contribution >= 0.6 is 11.6 Å². The lowest BCUT2D eigenvalue weighted by atomic mass is 10.0. The molecule has 5 rings (SSSR count). The van der Waals surface area contributed by atoms with Gasteiger partial charge in [0.1, 0.15) is 0 Å². The van der Waals surface area contributed by atoms with Gasteiger partial charge in [-0.2, -0.15) is 0 Å². The third-order valence-corrected chi connectivity index (χ3v) is 6.15. The quantitative estimate of drug-likeness (QED) is 0.597. The Morgan fingerprint density at radius 3 is 2.35 bits per heavy atom. The first kappa shape index (κ1) is 20.4. The third kappa shape index (κ3) is 4.87. The van der Waals surface area contributed by atoms with E-state index in [0.29, 0.717) is 23.4 Å². The van der Waals surface area contributed by atoms with Crippen LogP contribution in [0.3, 0.4) is 0 Å². The molecule has 31 heavy (non-hydrogen) atoms. The molecule has 0 unspecified atom stereocenters. The molecule has 9 heteroatoms. The standard InChI is InChI=1S/C22H25ClN6O2/c23-18-3-1-16(2-4-18)19-5-6-20(25-24-19)29-11-9-28(10-12-29)15-21-26-27-22(31-21)17-7-13-30-14-8-17/h1-6,17H,7-15H2. The van der Waals surface area contributed by atoms with Crippen LogP contribution in [0.4, 0.5) is 5.82 Å². The fraction of sp³-hybridized carbons (Fsp3) is 0.455. The summed E-state index contributed by atoms with van der Waals surface area (Å²) in [7, 11) is 0. The predicted molar refractivity (Wildman–Crippen MR) is 117 cm³/mol. The van der Waals surface area contributed by atoms with E-state index in [2.05, 4.69) is 30.2 Å². The van der Waals surface area contributed by atoms with Crippen LogP contribution in [-0.4, -0.2) is 64.7 Å². The maximum atomic E-state index is 5.96. The summed E-state index contributed by atoms with van der Waals surface area (Å²) in [4.78, 5) is 4.60. The van der Waals surface area contributed by atoms with Crippen molar-refractivity contribution in [1.29, 1.82) is 0 Å². The van der Waals surface area contributed by atoms with Gasteiger partial charge in [-0.05, 0) is 37.1 Å². The molecule has 162 valence electrons. The van der Waals surface area contributed by atoms with E-state index in [4.69, 9.17) is 20.8 Å². The predicted octanol–water partition coefficient (Wildman–Crippen LogP) is 3.40. The van der Waals surface area contributed by atoms with Crippen LogP contribution in [0.1, 0.15) is 30.5 Å². The molecule has 0 amide bonds. The molecule has 0 aliphatic carbocycles. The highest BCUT2D eigenvalue weighted by Gasteiger charge is 2.24. The Balaban J connectivity index is 1.14. The Bertz CT molecular complexity index is 980. The van der Waals surface area contributed by atoms with Crippen LogP contribution in [0, 0.1) is 0 Å². The van der Waals surface area contributed by atoms with Gasteiger partial charge < -0.3 is 14.1 Å². The largest absolute Gasteiger partial charge is 0.424 e. The van der Waals surface area contributed by atoms with Crippen molar-refractivity contribution in [2.75, 3.05) is 44.3 Å². The number of piperazine rings is 1. The number of hydrogen-bond acceptors (Lipinski definition) is 8. The average molecular weight is 441 g/mol. The van der Waals surface area contributed by atoms with Crippen LogP contribution < -0.4 is 4.90 Å². The summed E-state index contributed by atoms with van der Waals surface area (Å²) in [6, 6.07) is 11.7. The SMILES string of the molecule is Clc1ccc(-c2ccc(N3CCN(Cc4nnc(C5CCOCC5)o4)CC3)nn2)cc1. The minimum atomic E-state index is 0.335. The van der Waals surface area contributed by atoms with Gasteiger partial charge in [-0.15, -0.1) is 20.4 Å². The first-order chi connectivity index (χ1) is 15.2. The van der Waals surface area contributed by atoms with E-state index in [0.717, 1.165) is 75.2 Å². The fourth-order valence-corrected chi connectivity index (χ4v) is 4.16. The number of anilines is 1. The molecule has 2 fully saturated rings. The molecule has 1 aromatic carbocycles. The lowest BCUT2D eigenvalue weighted by Gasteiger charge is -2.34. The number of halogens is 1. The molecule has 0 radical (unpaired) electrons. The highest BCUT2D eigenvalue weighted by Crippen LogP contribution is 2.26. The summed E-state index contributed by atoms with van der Waals surface area (Å²) in [6.07, 6.45) is 1.91. The maximum absolute atomic E-state index is 5.96. The van der Waals surface area contributed by atoms with Crippen molar-refractivity contribution >= 4 is 17.4 Å². The second-order valence-electron chi connectivity index (χ2n) is 7.97. The number of ether oxygens (including phenoxy) is 1. The first-order valence-corrected chi connectivity index (χ1v) is 11.1. The highest BCUT2D eigenvalue weighted by atomic mass is 35.5. The van der Waals surface area contributed by atoms with E-state index in [9.17, 15) is 0 Å².